The van der Waals surface area contributed by atoms with Gasteiger partial charge in [0, 0.05) is 6.07 Å². The Morgan fingerprint density at radius 2 is 2.24 bits per heavy atom. The molecule has 0 unspecified atom stereocenters. The van der Waals surface area contributed by atoms with Crippen LogP contribution >= 0.6 is 0 Å². The molecule has 0 aliphatic carbocycles. The van der Waals surface area contributed by atoms with Gasteiger partial charge in [0.1, 0.15) is 6.07 Å². The Morgan fingerprint density at radius 3 is 2.65 bits per heavy atom. The molecule has 1 aromatic carbocycles. The Morgan fingerprint density at radius 1 is 1.59 bits per heavy atom. The van der Waals surface area contributed by atoms with Crippen LogP contribution in [-0.4, -0.2) is 18.0 Å². The van der Waals surface area contributed by atoms with Crippen LogP contribution in [0.15, 0.2) is 17.3 Å². The van der Waals surface area contributed by atoms with Crippen molar-refractivity contribution in [3.8, 4) is 6.07 Å². The number of nitriles is 1. The summed E-state index contributed by atoms with van der Waals surface area (Å²) < 4.78 is 4.36. The monoisotopic (exact) mass is 235 g/mol. The second-order valence-electron chi connectivity index (χ2n) is 2.84. The van der Waals surface area contributed by atoms with E-state index in [2.05, 4.69) is 9.91 Å². The van der Waals surface area contributed by atoms with Crippen molar-refractivity contribution in [1.29, 1.82) is 5.26 Å². The van der Waals surface area contributed by atoms with Crippen molar-refractivity contribution in [3.05, 3.63) is 38.3 Å². The number of hydrogen-bond donors (Lipinski definition) is 0. The van der Waals surface area contributed by atoms with Crippen molar-refractivity contribution in [2.45, 2.75) is 0 Å². The Labute approximate surface area is 94.5 Å². The maximum absolute atomic E-state index is 11.2. The van der Waals surface area contributed by atoms with Gasteiger partial charge in [-0.25, -0.2) is 4.79 Å². The number of nitro benzene ring substituents is 1. The molecule has 1 aromatic rings. The molecule has 0 aromatic heterocycles. The summed E-state index contributed by atoms with van der Waals surface area (Å²) in [7, 11) is 1.09. The maximum atomic E-state index is 11.2. The zero-order valence-electron chi connectivity index (χ0n) is 8.54. The first-order chi connectivity index (χ1) is 8.04. The van der Waals surface area contributed by atoms with E-state index in [0.717, 1.165) is 19.2 Å². The average molecular weight is 235 g/mol. The minimum atomic E-state index is -0.899. The lowest BCUT2D eigenvalue weighted by atomic mass is 10.1. The molecule has 0 saturated heterocycles. The molecule has 0 amide bonds. The molecule has 0 spiro atoms. The second-order valence-corrected chi connectivity index (χ2v) is 2.84. The summed E-state index contributed by atoms with van der Waals surface area (Å²) in [5, 5.41) is 21.8. The van der Waals surface area contributed by atoms with Gasteiger partial charge >= 0.3 is 11.7 Å². The summed E-state index contributed by atoms with van der Waals surface area (Å²) in [5.74, 6) is -0.845. The van der Waals surface area contributed by atoms with Crippen LogP contribution in [0.3, 0.4) is 0 Å². The van der Waals surface area contributed by atoms with E-state index in [4.69, 9.17) is 5.26 Å². The Balaban J connectivity index is 3.58. The third-order valence-electron chi connectivity index (χ3n) is 1.92. The van der Waals surface area contributed by atoms with Crippen LogP contribution < -0.4 is 0 Å². The van der Waals surface area contributed by atoms with Gasteiger partial charge in [0.05, 0.1) is 23.2 Å². The minimum Gasteiger partial charge on any atom is -0.465 e. The standard InChI is InChI=1S/C9H5N3O5/c1-17-9(13)5-2-6(4-10)8(11-14)7(3-5)12(15)16/h2-3H,1H3. The summed E-state index contributed by atoms with van der Waals surface area (Å²) in [6.07, 6.45) is 0. The molecule has 0 atom stereocenters. The van der Waals surface area contributed by atoms with E-state index in [0.29, 0.717) is 0 Å². The molecule has 0 saturated carbocycles. The number of rotatable bonds is 3. The van der Waals surface area contributed by atoms with Crippen LogP contribution in [0.2, 0.25) is 0 Å². The second kappa shape index (κ2) is 4.80. The molecule has 0 fully saturated rings. The van der Waals surface area contributed by atoms with Crippen LogP contribution in [0.25, 0.3) is 0 Å². The molecule has 17 heavy (non-hydrogen) atoms. The van der Waals surface area contributed by atoms with Gasteiger partial charge in [-0.1, -0.05) is 0 Å². The largest absolute Gasteiger partial charge is 0.465 e. The number of carbonyl (C=O) groups excluding carboxylic acids is 1. The third-order valence-corrected chi connectivity index (χ3v) is 1.92. The molecule has 0 aliphatic rings. The Kier molecular flexibility index (Phi) is 3.46. The highest BCUT2D eigenvalue weighted by Crippen LogP contribution is 2.32. The predicted molar refractivity (Wildman–Crippen MR) is 54.6 cm³/mol. The molecule has 86 valence electrons. The molecule has 0 heterocycles. The van der Waals surface area contributed by atoms with Crippen LogP contribution in [0.4, 0.5) is 11.4 Å². The van der Waals surface area contributed by atoms with Gasteiger partial charge in [0.2, 0.25) is 5.69 Å². The molecule has 0 radical (unpaired) electrons. The molecule has 8 heteroatoms. The van der Waals surface area contributed by atoms with Gasteiger partial charge in [0.15, 0.2) is 0 Å². The number of hydrogen-bond acceptors (Lipinski definition) is 7. The summed E-state index contributed by atoms with van der Waals surface area (Å²) in [6.45, 7) is 0. The lowest BCUT2D eigenvalue weighted by molar-refractivity contribution is -0.384. The van der Waals surface area contributed by atoms with Crippen molar-refractivity contribution < 1.29 is 14.5 Å². The van der Waals surface area contributed by atoms with E-state index in [1.807, 2.05) is 0 Å². The van der Waals surface area contributed by atoms with Crippen LogP contribution in [0, 0.1) is 26.4 Å². The molecule has 0 aliphatic heterocycles. The van der Waals surface area contributed by atoms with Crippen molar-refractivity contribution >= 4 is 17.3 Å². The third kappa shape index (κ3) is 2.23. The highest BCUT2D eigenvalue weighted by atomic mass is 16.6. The summed E-state index contributed by atoms with van der Waals surface area (Å²) >= 11 is 0. The number of esters is 1. The fourth-order valence-electron chi connectivity index (χ4n) is 1.18. The van der Waals surface area contributed by atoms with E-state index < -0.39 is 22.3 Å². The highest BCUT2D eigenvalue weighted by molar-refractivity contribution is 5.92. The molecule has 0 N–H and O–H groups in total. The molecule has 8 nitrogen and oxygen atoms in total. The summed E-state index contributed by atoms with van der Waals surface area (Å²) in [6, 6.07) is 3.40. The van der Waals surface area contributed by atoms with Crippen LogP contribution in [-0.2, 0) is 4.74 Å². The number of nitroso groups, excluding NO2 is 1. The first-order valence-corrected chi connectivity index (χ1v) is 4.19. The fraction of sp³-hybridized carbons (Fsp3) is 0.111. The Hall–Kier alpha value is -2.82. The van der Waals surface area contributed by atoms with Gasteiger partial charge in [0.25, 0.3) is 0 Å². The van der Waals surface area contributed by atoms with Crippen LogP contribution in [0.5, 0.6) is 0 Å². The normalized spacial score (nSPS) is 9.18. The molecule has 0 bridgehead atoms. The first-order valence-electron chi connectivity index (χ1n) is 4.19. The quantitative estimate of drug-likeness (QED) is 0.339. The van der Waals surface area contributed by atoms with E-state index in [-0.39, 0.29) is 11.1 Å². The van der Waals surface area contributed by atoms with Gasteiger partial charge < -0.3 is 4.74 Å². The fourth-order valence-corrected chi connectivity index (χ4v) is 1.18. The van der Waals surface area contributed by atoms with Gasteiger partial charge in [-0.05, 0) is 11.2 Å². The van der Waals surface area contributed by atoms with E-state index in [1.165, 1.54) is 0 Å². The zero-order valence-corrected chi connectivity index (χ0v) is 8.54. The van der Waals surface area contributed by atoms with E-state index >= 15 is 0 Å². The Bertz CT molecular complexity index is 546. The van der Waals surface area contributed by atoms with Gasteiger partial charge in [-0.15, -0.1) is 4.91 Å². The van der Waals surface area contributed by atoms with Gasteiger partial charge in [-0.3, -0.25) is 10.1 Å². The molecular formula is C9H5N3O5. The van der Waals surface area contributed by atoms with E-state index in [9.17, 15) is 19.8 Å². The summed E-state index contributed by atoms with van der Waals surface area (Å²) in [5.41, 5.74) is -1.86. The van der Waals surface area contributed by atoms with Crippen molar-refractivity contribution in [1.82, 2.24) is 0 Å². The number of nitro groups is 1. The first kappa shape index (κ1) is 12.3. The number of carbonyl (C=O) groups is 1. The maximum Gasteiger partial charge on any atom is 0.338 e. The number of methoxy groups -OCH3 is 1. The predicted octanol–water partition coefficient (Wildman–Crippen LogP) is 1.65. The smallest absolute Gasteiger partial charge is 0.338 e. The molecule has 1 rings (SSSR count). The number of nitrogens with zero attached hydrogens (tertiary/aromatic N) is 3. The zero-order chi connectivity index (χ0) is 13.0. The highest BCUT2D eigenvalue weighted by Gasteiger charge is 2.23. The van der Waals surface area contributed by atoms with Crippen molar-refractivity contribution in [3.63, 3.8) is 0 Å². The summed E-state index contributed by atoms with van der Waals surface area (Å²) in [4.78, 5) is 31.4. The minimum absolute atomic E-state index is 0.192. The lowest BCUT2D eigenvalue weighted by Gasteiger charge is -2.01. The number of ether oxygens (including phenoxy) is 1. The van der Waals surface area contributed by atoms with E-state index in [1.54, 1.807) is 6.07 Å². The van der Waals surface area contributed by atoms with Crippen molar-refractivity contribution in [2.24, 2.45) is 5.18 Å². The lowest BCUT2D eigenvalue weighted by Crippen LogP contribution is -2.03. The molecular weight excluding hydrogens is 230 g/mol. The van der Waals surface area contributed by atoms with Gasteiger partial charge in [-0.2, -0.15) is 5.26 Å². The topological polar surface area (TPSA) is 123 Å². The van der Waals surface area contributed by atoms with Crippen LogP contribution in [0.1, 0.15) is 15.9 Å². The van der Waals surface area contributed by atoms with Crippen molar-refractivity contribution in [2.75, 3.05) is 7.11 Å². The SMILES string of the molecule is COC(=O)c1cc(C#N)c(N=O)c([N+](=O)[O-])c1. The number of benzene rings is 1. The average Bonchev–Trinajstić information content (AvgIpc) is 2.35.